The molecule has 0 bridgehead atoms. The van der Waals surface area contributed by atoms with Crippen molar-refractivity contribution >= 4 is 57.9 Å². The minimum absolute atomic E-state index is 0.216. The Morgan fingerprint density at radius 3 is 2.57 bits per heavy atom. The smallest absolute Gasteiger partial charge is 0.160 e. The molecule has 0 aliphatic heterocycles. The molecule has 0 aliphatic rings. The number of carbonyl (C=O) groups excluding carboxylic acids is 1. The minimum Gasteiger partial charge on any atom is -0.454 e. The van der Waals surface area contributed by atoms with Crippen LogP contribution in [0.5, 0.6) is 0 Å². The molecule has 8 heteroatoms. The van der Waals surface area contributed by atoms with E-state index in [1.165, 1.54) is 0 Å². The van der Waals surface area contributed by atoms with Crippen molar-refractivity contribution in [3.05, 3.63) is 27.9 Å². The number of fused-ring (bicyclic) bond motifs is 1. The number of rotatable bonds is 3. The van der Waals surface area contributed by atoms with E-state index in [0.717, 1.165) is 16.4 Å². The Labute approximate surface area is 136 Å². The highest BCUT2D eigenvalue weighted by atomic mass is 79.9. The summed E-state index contributed by atoms with van der Waals surface area (Å²) in [5, 5.41) is 14.8. The zero-order valence-corrected chi connectivity index (χ0v) is 14.3. The predicted octanol–water partition coefficient (Wildman–Crippen LogP) is 2.93. The van der Waals surface area contributed by atoms with Crippen LogP contribution in [0.1, 0.15) is 16.1 Å². The fourth-order valence-corrected chi connectivity index (χ4v) is 2.57. The second kappa shape index (κ2) is 8.06. The lowest BCUT2D eigenvalue weighted by Crippen LogP contribution is -2.01. The van der Waals surface area contributed by atoms with Gasteiger partial charge in [0.2, 0.25) is 0 Å². The highest BCUT2D eigenvalue weighted by molar-refractivity contribution is 9.10. The van der Waals surface area contributed by atoms with Gasteiger partial charge in [-0.15, -0.1) is 0 Å². The monoisotopic (exact) mass is 373 g/mol. The number of benzene rings is 1. The van der Waals surface area contributed by atoms with Crippen LogP contribution < -0.4 is 9.62 Å². The molecular formula is C13H16BrN3O3S. The third kappa shape index (κ3) is 3.99. The quantitative estimate of drug-likeness (QED) is 0.253. The van der Waals surface area contributed by atoms with E-state index in [2.05, 4.69) is 39.2 Å². The number of carbonyl (C=O) groups is 1. The first-order valence-corrected chi connectivity index (χ1v) is 7.09. The van der Waals surface area contributed by atoms with Gasteiger partial charge in [0.15, 0.2) is 12.0 Å². The van der Waals surface area contributed by atoms with Crippen LogP contribution in [0.4, 0.5) is 5.69 Å². The van der Waals surface area contributed by atoms with Gasteiger partial charge in [-0.3, -0.25) is 4.79 Å². The summed E-state index contributed by atoms with van der Waals surface area (Å²) in [5.74, 6) is 0.216. The van der Waals surface area contributed by atoms with Crippen LogP contribution in [0.15, 0.2) is 26.2 Å². The van der Waals surface area contributed by atoms with Gasteiger partial charge in [0.05, 0.1) is 11.3 Å². The highest BCUT2D eigenvalue weighted by Gasteiger charge is 2.15. The molecule has 2 aromatic rings. The number of oxime groups is 1. The number of nitrogens with zero attached hydrogens (tertiary/aromatic N) is 2. The van der Waals surface area contributed by atoms with E-state index in [4.69, 9.17) is 9.62 Å². The third-order valence-electron chi connectivity index (χ3n) is 2.47. The minimum atomic E-state index is 0.216. The first kappa shape index (κ1) is 17.5. The highest BCUT2D eigenvalue weighted by Crippen LogP contribution is 2.34. The van der Waals surface area contributed by atoms with Crippen LogP contribution in [0, 0.1) is 0 Å². The van der Waals surface area contributed by atoms with Crippen molar-refractivity contribution in [1.82, 2.24) is 5.32 Å². The van der Waals surface area contributed by atoms with Gasteiger partial charge >= 0.3 is 0 Å². The summed E-state index contributed by atoms with van der Waals surface area (Å²) in [6.45, 7) is 0. The molecule has 0 atom stereocenters. The van der Waals surface area contributed by atoms with Crippen LogP contribution in [-0.4, -0.2) is 38.9 Å². The van der Waals surface area contributed by atoms with Gasteiger partial charge in [0, 0.05) is 23.0 Å². The summed E-state index contributed by atoms with van der Waals surface area (Å²) in [6.07, 6.45) is 1.75. The SMILES string of the molecule is CN(S)c1cc2oc(/C=N/O)c(C=O)c2cc1Br.CNC. The average Bonchev–Trinajstić information content (AvgIpc) is 2.75. The molecule has 21 heavy (non-hydrogen) atoms. The van der Waals surface area contributed by atoms with Crippen molar-refractivity contribution in [3.63, 3.8) is 0 Å². The number of thiol groups is 1. The van der Waals surface area contributed by atoms with Crippen LogP contribution in [0.25, 0.3) is 11.0 Å². The summed E-state index contributed by atoms with van der Waals surface area (Å²) >= 11 is 7.60. The molecule has 1 aromatic carbocycles. The topological polar surface area (TPSA) is 78.1 Å². The molecule has 0 saturated heterocycles. The maximum Gasteiger partial charge on any atom is 0.160 e. The standard InChI is InChI=1S/C11H9BrN2O3S.C2H7N/c1-14(18)9-3-10-6(2-8(9)12)7(5-15)11(17-10)4-13-16;1-3-2/h2-5,16,18H,1H3;3H,1-2H3/b13-4+;. The van der Waals surface area contributed by atoms with E-state index in [9.17, 15) is 4.79 Å². The van der Waals surface area contributed by atoms with Crippen molar-refractivity contribution in [2.45, 2.75) is 0 Å². The van der Waals surface area contributed by atoms with Crippen molar-refractivity contribution in [2.24, 2.45) is 5.16 Å². The molecule has 1 heterocycles. The number of anilines is 1. The Kier molecular flexibility index (Phi) is 6.73. The van der Waals surface area contributed by atoms with E-state index in [-0.39, 0.29) is 5.76 Å². The number of nitrogens with one attached hydrogen (secondary N) is 1. The van der Waals surface area contributed by atoms with Crippen LogP contribution in [0.2, 0.25) is 0 Å². The second-order valence-electron chi connectivity index (χ2n) is 4.07. The molecule has 0 saturated carbocycles. The number of hydrogen-bond acceptors (Lipinski definition) is 7. The first-order chi connectivity index (χ1) is 9.99. The van der Waals surface area contributed by atoms with Crippen molar-refractivity contribution in [3.8, 4) is 0 Å². The molecule has 2 N–H and O–H groups in total. The lowest BCUT2D eigenvalue weighted by Gasteiger charge is -2.12. The van der Waals surface area contributed by atoms with Crippen LogP contribution in [-0.2, 0) is 0 Å². The zero-order valence-electron chi connectivity index (χ0n) is 11.8. The number of furan rings is 1. The largest absolute Gasteiger partial charge is 0.454 e. The van der Waals surface area contributed by atoms with Gasteiger partial charge in [-0.05, 0) is 36.1 Å². The predicted molar refractivity (Wildman–Crippen MR) is 91.1 cm³/mol. The molecule has 0 radical (unpaired) electrons. The summed E-state index contributed by atoms with van der Waals surface area (Å²) in [4.78, 5) is 11.1. The number of halogens is 1. The molecule has 0 spiro atoms. The summed E-state index contributed by atoms with van der Waals surface area (Å²) in [5.41, 5.74) is 1.66. The summed E-state index contributed by atoms with van der Waals surface area (Å²) in [6, 6.07) is 3.51. The normalized spacial score (nSPS) is 10.5. The third-order valence-corrected chi connectivity index (χ3v) is 3.32. The van der Waals surface area contributed by atoms with Gasteiger partial charge in [-0.25, -0.2) is 0 Å². The summed E-state index contributed by atoms with van der Waals surface area (Å²) in [7, 11) is 5.52. The zero-order chi connectivity index (χ0) is 16.0. The Morgan fingerprint density at radius 1 is 1.48 bits per heavy atom. The Balaban J connectivity index is 0.000000677. The second-order valence-corrected chi connectivity index (χ2v) is 5.52. The molecule has 1 aromatic heterocycles. The fraction of sp³-hybridized carbons (Fsp3) is 0.231. The van der Waals surface area contributed by atoms with Gasteiger partial charge in [-0.2, -0.15) is 0 Å². The van der Waals surface area contributed by atoms with Gasteiger partial charge in [0.1, 0.15) is 11.8 Å². The van der Waals surface area contributed by atoms with E-state index >= 15 is 0 Å². The molecule has 0 unspecified atom stereocenters. The Morgan fingerprint density at radius 2 is 2.10 bits per heavy atom. The molecule has 0 amide bonds. The van der Waals surface area contributed by atoms with E-state index in [1.807, 2.05) is 14.1 Å². The van der Waals surface area contributed by atoms with Crippen LogP contribution >= 0.6 is 28.7 Å². The van der Waals surface area contributed by atoms with Crippen molar-refractivity contribution in [2.75, 3.05) is 25.4 Å². The van der Waals surface area contributed by atoms with Crippen molar-refractivity contribution < 1.29 is 14.4 Å². The van der Waals surface area contributed by atoms with E-state index < -0.39 is 0 Å². The molecule has 0 fully saturated rings. The van der Waals surface area contributed by atoms with Gasteiger partial charge in [-0.1, -0.05) is 18.0 Å². The van der Waals surface area contributed by atoms with Gasteiger partial charge < -0.3 is 19.2 Å². The van der Waals surface area contributed by atoms with Crippen molar-refractivity contribution in [1.29, 1.82) is 0 Å². The molecule has 0 aliphatic carbocycles. The summed E-state index contributed by atoms with van der Waals surface area (Å²) < 4.78 is 7.85. The lowest BCUT2D eigenvalue weighted by atomic mass is 10.1. The van der Waals surface area contributed by atoms with E-state index in [0.29, 0.717) is 22.8 Å². The van der Waals surface area contributed by atoms with Gasteiger partial charge in [0.25, 0.3) is 0 Å². The maximum absolute atomic E-state index is 11.1. The Bertz CT molecular complexity index is 656. The average molecular weight is 374 g/mol. The first-order valence-electron chi connectivity index (χ1n) is 5.89. The maximum atomic E-state index is 11.1. The molecular weight excluding hydrogens is 358 g/mol. The molecule has 114 valence electrons. The number of aldehydes is 1. The molecule has 6 nitrogen and oxygen atoms in total. The van der Waals surface area contributed by atoms with E-state index in [1.54, 1.807) is 23.5 Å². The number of hydrogen-bond donors (Lipinski definition) is 3. The lowest BCUT2D eigenvalue weighted by molar-refractivity contribution is 0.112. The van der Waals surface area contributed by atoms with Crippen LogP contribution in [0.3, 0.4) is 0 Å². The molecule has 2 rings (SSSR count). The Hall–Kier alpha value is -1.51. The fourth-order valence-electron chi connectivity index (χ4n) is 1.66.